The first kappa shape index (κ1) is 11.0. The highest BCUT2D eigenvalue weighted by molar-refractivity contribution is 6.21. The molecule has 15 heavy (non-hydrogen) atoms. The van der Waals surface area contributed by atoms with Crippen LogP contribution in [-0.2, 0) is 6.42 Å². The van der Waals surface area contributed by atoms with Crippen LogP contribution in [0.15, 0.2) is 18.2 Å². The van der Waals surface area contributed by atoms with Gasteiger partial charge in [-0.15, -0.1) is 11.6 Å². The zero-order valence-corrected chi connectivity index (χ0v) is 10.3. The van der Waals surface area contributed by atoms with E-state index in [9.17, 15) is 0 Å². The predicted octanol–water partition coefficient (Wildman–Crippen LogP) is 4.82. The third-order valence-corrected chi connectivity index (χ3v) is 3.86. The van der Waals surface area contributed by atoms with Crippen LogP contribution in [0.3, 0.4) is 0 Å². The largest absolute Gasteiger partial charge is 0.118 e. The molecule has 0 N–H and O–H groups in total. The second kappa shape index (κ2) is 4.57. The zero-order chi connectivity index (χ0) is 10.8. The summed E-state index contributed by atoms with van der Waals surface area (Å²) in [6.45, 7) is 4.53. The Morgan fingerprint density at radius 2 is 2.07 bits per heavy atom. The van der Waals surface area contributed by atoms with E-state index < -0.39 is 0 Å². The molecule has 0 saturated heterocycles. The van der Waals surface area contributed by atoms with E-state index in [2.05, 4.69) is 32.0 Å². The fourth-order valence-corrected chi connectivity index (χ4v) is 2.81. The summed E-state index contributed by atoms with van der Waals surface area (Å²) < 4.78 is 0. The molecule has 1 heteroatoms. The van der Waals surface area contributed by atoms with Crippen molar-refractivity contribution in [2.45, 2.75) is 50.8 Å². The fourth-order valence-electron chi connectivity index (χ4n) is 2.50. The van der Waals surface area contributed by atoms with Crippen molar-refractivity contribution in [1.29, 1.82) is 0 Å². The summed E-state index contributed by atoms with van der Waals surface area (Å²) in [6, 6.07) is 6.89. The molecule has 2 rings (SSSR count). The smallest absolute Gasteiger partial charge is 0.0588 e. The molecule has 0 fully saturated rings. The van der Waals surface area contributed by atoms with Crippen LogP contribution in [0, 0.1) is 0 Å². The Balaban J connectivity index is 2.36. The Morgan fingerprint density at radius 1 is 1.27 bits per heavy atom. The number of alkyl halides is 1. The summed E-state index contributed by atoms with van der Waals surface area (Å²) in [4.78, 5) is 0. The van der Waals surface area contributed by atoms with E-state index in [0.717, 1.165) is 6.42 Å². The molecule has 0 aromatic heterocycles. The first-order chi connectivity index (χ1) is 7.22. The highest BCUT2D eigenvalue weighted by Crippen LogP contribution is 2.41. The summed E-state index contributed by atoms with van der Waals surface area (Å²) in [6.07, 6.45) is 4.74. The summed E-state index contributed by atoms with van der Waals surface area (Å²) in [5, 5.41) is 0.244. The summed E-state index contributed by atoms with van der Waals surface area (Å²) in [7, 11) is 0. The number of aryl methyl sites for hydroxylation is 1. The Hall–Kier alpha value is -0.490. The lowest BCUT2D eigenvalue weighted by Crippen LogP contribution is -2.09. The molecule has 0 nitrogen and oxygen atoms in total. The molecule has 2 unspecified atom stereocenters. The Bertz CT molecular complexity index is 343. The molecule has 0 spiro atoms. The molecule has 82 valence electrons. The van der Waals surface area contributed by atoms with Crippen molar-refractivity contribution < 1.29 is 0 Å². The second-order valence-electron chi connectivity index (χ2n) is 4.66. The SMILES string of the molecule is CCCc1ccc2c(c1)C(Cl)CCC2C. The predicted molar refractivity (Wildman–Crippen MR) is 66.7 cm³/mol. The average molecular weight is 223 g/mol. The molecule has 1 aliphatic carbocycles. The van der Waals surface area contributed by atoms with E-state index in [0.29, 0.717) is 5.92 Å². The van der Waals surface area contributed by atoms with Gasteiger partial charge in [0, 0.05) is 0 Å². The van der Waals surface area contributed by atoms with Crippen molar-refractivity contribution >= 4 is 11.6 Å². The molecule has 2 atom stereocenters. The van der Waals surface area contributed by atoms with Crippen LogP contribution in [0.1, 0.15) is 61.1 Å². The van der Waals surface area contributed by atoms with Crippen LogP contribution < -0.4 is 0 Å². The molecule has 0 bridgehead atoms. The highest BCUT2D eigenvalue weighted by atomic mass is 35.5. The van der Waals surface area contributed by atoms with Gasteiger partial charge in [0.2, 0.25) is 0 Å². The number of fused-ring (bicyclic) bond motifs is 1. The summed E-state index contributed by atoms with van der Waals surface area (Å²) in [5.74, 6) is 0.686. The van der Waals surface area contributed by atoms with E-state index in [1.165, 1.54) is 36.0 Å². The maximum absolute atomic E-state index is 6.38. The Labute approximate surface area is 97.6 Å². The maximum atomic E-state index is 6.38. The van der Waals surface area contributed by atoms with Crippen LogP contribution in [-0.4, -0.2) is 0 Å². The lowest BCUT2D eigenvalue weighted by atomic mass is 9.82. The Kier molecular flexibility index (Phi) is 3.35. The number of hydrogen-bond donors (Lipinski definition) is 0. The van der Waals surface area contributed by atoms with E-state index >= 15 is 0 Å². The molecule has 1 aromatic rings. The highest BCUT2D eigenvalue weighted by Gasteiger charge is 2.22. The van der Waals surface area contributed by atoms with Gasteiger partial charge >= 0.3 is 0 Å². The van der Waals surface area contributed by atoms with Gasteiger partial charge in [-0.2, -0.15) is 0 Å². The average Bonchev–Trinajstić information content (AvgIpc) is 2.24. The minimum absolute atomic E-state index is 0.244. The van der Waals surface area contributed by atoms with Crippen LogP contribution in [0.2, 0.25) is 0 Å². The van der Waals surface area contributed by atoms with Gasteiger partial charge in [-0.3, -0.25) is 0 Å². The lowest BCUT2D eigenvalue weighted by molar-refractivity contribution is 0.578. The third kappa shape index (κ3) is 2.20. The van der Waals surface area contributed by atoms with E-state index in [1.807, 2.05) is 0 Å². The number of halogens is 1. The first-order valence-corrected chi connectivity index (χ1v) is 6.42. The monoisotopic (exact) mass is 222 g/mol. The van der Waals surface area contributed by atoms with E-state index in [-0.39, 0.29) is 5.38 Å². The number of hydrogen-bond acceptors (Lipinski definition) is 0. The minimum Gasteiger partial charge on any atom is -0.118 e. The van der Waals surface area contributed by atoms with Gasteiger partial charge in [0.05, 0.1) is 5.38 Å². The van der Waals surface area contributed by atoms with Crippen LogP contribution >= 0.6 is 11.6 Å². The standard InChI is InChI=1S/C14H19Cl/c1-3-4-11-6-7-12-10(2)5-8-14(15)13(12)9-11/h6-7,9-10,14H,3-5,8H2,1-2H3. The van der Waals surface area contributed by atoms with Gasteiger partial charge < -0.3 is 0 Å². The van der Waals surface area contributed by atoms with Crippen LogP contribution in [0.25, 0.3) is 0 Å². The molecular weight excluding hydrogens is 204 g/mol. The maximum Gasteiger partial charge on any atom is 0.0588 e. The van der Waals surface area contributed by atoms with Crippen molar-refractivity contribution in [3.63, 3.8) is 0 Å². The topological polar surface area (TPSA) is 0 Å². The second-order valence-corrected chi connectivity index (χ2v) is 5.19. The van der Waals surface area contributed by atoms with Crippen molar-refractivity contribution in [1.82, 2.24) is 0 Å². The number of benzene rings is 1. The fraction of sp³-hybridized carbons (Fsp3) is 0.571. The number of rotatable bonds is 2. The van der Waals surface area contributed by atoms with Crippen LogP contribution in [0.5, 0.6) is 0 Å². The van der Waals surface area contributed by atoms with Crippen molar-refractivity contribution in [2.24, 2.45) is 0 Å². The third-order valence-electron chi connectivity index (χ3n) is 3.41. The molecule has 0 aliphatic heterocycles. The molecule has 0 saturated carbocycles. The van der Waals surface area contributed by atoms with Crippen molar-refractivity contribution in [3.8, 4) is 0 Å². The minimum atomic E-state index is 0.244. The van der Waals surface area contributed by atoms with Gasteiger partial charge in [-0.25, -0.2) is 0 Å². The summed E-state index contributed by atoms with van der Waals surface area (Å²) in [5.41, 5.74) is 4.30. The molecule has 0 heterocycles. The molecule has 1 aliphatic rings. The lowest BCUT2D eigenvalue weighted by Gasteiger charge is -2.26. The molecule has 1 aromatic carbocycles. The molecule has 0 radical (unpaired) electrons. The quantitative estimate of drug-likeness (QED) is 0.630. The first-order valence-electron chi connectivity index (χ1n) is 5.99. The van der Waals surface area contributed by atoms with Gasteiger partial charge in [0.1, 0.15) is 0 Å². The van der Waals surface area contributed by atoms with Gasteiger partial charge in [0.25, 0.3) is 0 Å². The van der Waals surface area contributed by atoms with Gasteiger partial charge in [-0.1, -0.05) is 38.5 Å². The van der Waals surface area contributed by atoms with E-state index in [4.69, 9.17) is 11.6 Å². The van der Waals surface area contributed by atoms with Gasteiger partial charge in [0.15, 0.2) is 0 Å². The molecular formula is C14H19Cl. The van der Waals surface area contributed by atoms with Crippen molar-refractivity contribution in [3.05, 3.63) is 34.9 Å². The zero-order valence-electron chi connectivity index (χ0n) is 9.59. The Morgan fingerprint density at radius 3 is 2.80 bits per heavy atom. The molecule has 0 amide bonds. The normalized spacial score (nSPS) is 25.0. The summed E-state index contributed by atoms with van der Waals surface area (Å²) >= 11 is 6.38. The van der Waals surface area contributed by atoms with Crippen molar-refractivity contribution in [2.75, 3.05) is 0 Å². The van der Waals surface area contributed by atoms with E-state index in [1.54, 1.807) is 0 Å². The van der Waals surface area contributed by atoms with Crippen LogP contribution in [0.4, 0.5) is 0 Å². The van der Waals surface area contributed by atoms with Gasteiger partial charge in [-0.05, 0) is 41.9 Å².